The van der Waals surface area contributed by atoms with Gasteiger partial charge in [-0.25, -0.2) is 4.79 Å². The molecule has 17 heavy (non-hydrogen) atoms. The van der Waals surface area contributed by atoms with Crippen molar-refractivity contribution in [3.05, 3.63) is 20.8 Å². The first-order valence-electron chi connectivity index (χ1n) is 5.58. The third kappa shape index (κ3) is 3.22. The van der Waals surface area contributed by atoms with Crippen molar-refractivity contribution in [2.45, 2.75) is 44.8 Å². The Labute approximate surface area is 114 Å². The minimum Gasteiger partial charge on any atom is -0.444 e. The summed E-state index contributed by atoms with van der Waals surface area (Å²) in [6.45, 7) is 5.61. The van der Waals surface area contributed by atoms with Crippen LogP contribution in [-0.4, -0.2) is 11.7 Å². The van der Waals surface area contributed by atoms with E-state index in [0.29, 0.717) is 0 Å². The van der Waals surface area contributed by atoms with Crippen LogP contribution in [0.5, 0.6) is 0 Å². The van der Waals surface area contributed by atoms with E-state index in [9.17, 15) is 4.79 Å². The summed E-state index contributed by atoms with van der Waals surface area (Å²) >= 11 is 5.11. The van der Waals surface area contributed by atoms with E-state index in [4.69, 9.17) is 4.74 Å². The number of carbonyl (C=O) groups excluding carboxylic acids is 1. The molecule has 0 atom stereocenters. The number of thiophene rings is 1. The van der Waals surface area contributed by atoms with Crippen LogP contribution in [0.3, 0.4) is 0 Å². The van der Waals surface area contributed by atoms with Crippen molar-refractivity contribution in [1.29, 1.82) is 0 Å². The molecule has 1 N–H and O–H groups in total. The van der Waals surface area contributed by atoms with Crippen molar-refractivity contribution in [2.75, 3.05) is 0 Å². The van der Waals surface area contributed by atoms with Gasteiger partial charge >= 0.3 is 6.09 Å². The predicted octanol–water partition coefficient (Wildman–Crippen LogP) is 4.02. The largest absolute Gasteiger partial charge is 0.444 e. The van der Waals surface area contributed by atoms with Gasteiger partial charge in [0.2, 0.25) is 0 Å². The summed E-state index contributed by atoms with van der Waals surface area (Å²) in [5.41, 5.74) is -0.630. The maximum Gasteiger partial charge on any atom is 0.408 e. The van der Waals surface area contributed by atoms with Crippen molar-refractivity contribution in [2.24, 2.45) is 0 Å². The smallest absolute Gasteiger partial charge is 0.408 e. The van der Waals surface area contributed by atoms with Gasteiger partial charge in [-0.05, 0) is 61.7 Å². The quantitative estimate of drug-likeness (QED) is 0.894. The molecule has 0 unspecified atom stereocenters. The molecule has 1 aliphatic carbocycles. The first-order chi connectivity index (χ1) is 7.81. The molecular formula is C12H16BrNO2S. The van der Waals surface area contributed by atoms with Crippen molar-refractivity contribution in [3.63, 3.8) is 0 Å². The lowest BCUT2D eigenvalue weighted by atomic mass is 10.2. The zero-order valence-electron chi connectivity index (χ0n) is 10.2. The topological polar surface area (TPSA) is 38.3 Å². The molecule has 5 heteroatoms. The van der Waals surface area contributed by atoms with E-state index in [1.54, 1.807) is 11.3 Å². The molecule has 1 amide bonds. The predicted molar refractivity (Wildman–Crippen MR) is 72.3 cm³/mol. The Kier molecular flexibility index (Phi) is 3.25. The van der Waals surface area contributed by atoms with E-state index in [1.165, 1.54) is 4.88 Å². The van der Waals surface area contributed by atoms with Gasteiger partial charge in [-0.2, -0.15) is 0 Å². The number of rotatable bonds is 2. The number of alkyl carbamates (subject to hydrolysis) is 1. The summed E-state index contributed by atoms with van der Waals surface area (Å²) in [4.78, 5) is 12.9. The van der Waals surface area contributed by atoms with E-state index < -0.39 is 5.60 Å². The number of carbonyl (C=O) groups is 1. The molecule has 0 bridgehead atoms. The Bertz CT molecular complexity index is 432. The fourth-order valence-electron chi connectivity index (χ4n) is 1.63. The average molecular weight is 318 g/mol. The lowest BCUT2D eigenvalue weighted by Gasteiger charge is -2.22. The van der Waals surface area contributed by atoms with Crippen LogP contribution in [0, 0.1) is 0 Å². The number of ether oxygens (including phenoxy) is 1. The van der Waals surface area contributed by atoms with Crippen molar-refractivity contribution in [3.8, 4) is 0 Å². The van der Waals surface area contributed by atoms with E-state index in [2.05, 4.69) is 27.3 Å². The van der Waals surface area contributed by atoms with Crippen LogP contribution >= 0.6 is 27.3 Å². The standard InChI is InChI=1S/C12H16BrNO2S/c1-11(2,3)16-10(15)14-12(6-7-12)8-4-5-9(13)17-8/h4-5H,6-7H2,1-3H3,(H,14,15). The van der Waals surface area contributed by atoms with Crippen molar-refractivity contribution < 1.29 is 9.53 Å². The van der Waals surface area contributed by atoms with E-state index in [1.807, 2.05) is 26.8 Å². The number of nitrogens with one attached hydrogen (secondary N) is 1. The van der Waals surface area contributed by atoms with E-state index >= 15 is 0 Å². The summed E-state index contributed by atoms with van der Waals surface area (Å²) in [6, 6.07) is 4.07. The minimum absolute atomic E-state index is 0.182. The Morgan fingerprint density at radius 2 is 2.12 bits per heavy atom. The van der Waals surface area contributed by atoms with Crippen LogP contribution in [0.25, 0.3) is 0 Å². The molecule has 1 heterocycles. The van der Waals surface area contributed by atoms with E-state index in [0.717, 1.165) is 16.6 Å². The van der Waals surface area contributed by atoms with Crippen LogP contribution in [0.2, 0.25) is 0 Å². The Hall–Kier alpha value is -0.550. The molecule has 0 aliphatic heterocycles. The molecule has 1 fully saturated rings. The number of hydrogen-bond acceptors (Lipinski definition) is 3. The molecule has 1 aromatic rings. The third-order valence-electron chi connectivity index (χ3n) is 2.54. The van der Waals surface area contributed by atoms with Crippen molar-refractivity contribution >= 4 is 33.4 Å². The molecule has 0 aromatic carbocycles. The maximum absolute atomic E-state index is 11.8. The third-order valence-corrected chi connectivity index (χ3v) is 4.36. The summed E-state index contributed by atoms with van der Waals surface area (Å²) in [5, 5.41) is 2.98. The van der Waals surface area contributed by atoms with Gasteiger partial charge in [-0.3, -0.25) is 0 Å². The van der Waals surface area contributed by atoms with Crippen LogP contribution < -0.4 is 5.32 Å². The molecule has 94 valence electrons. The molecule has 1 aliphatic rings. The molecule has 2 rings (SSSR count). The second-order valence-electron chi connectivity index (χ2n) is 5.31. The van der Waals surface area contributed by atoms with Gasteiger partial charge in [-0.15, -0.1) is 11.3 Å². The first kappa shape index (κ1) is 12.9. The van der Waals surface area contributed by atoms with Gasteiger partial charge in [-0.1, -0.05) is 0 Å². The molecule has 1 saturated carbocycles. The van der Waals surface area contributed by atoms with Gasteiger partial charge in [0.05, 0.1) is 9.33 Å². The monoisotopic (exact) mass is 317 g/mol. The number of hydrogen-bond donors (Lipinski definition) is 1. The fourth-order valence-corrected chi connectivity index (χ4v) is 3.22. The number of amides is 1. The van der Waals surface area contributed by atoms with Gasteiger partial charge in [0.15, 0.2) is 0 Å². The lowest BCUT2D eigenvalue weighted by Crippen LogP contribution is -2.38. The molecule has 0 radical (unpaired) electrons. The van der Waals surface area contributed by atoms with Crippen LogP contribution in [0.1, 0.15) is 38.5 Å². The molecule has 1 aromatic heterocycles. The van der Waals surface area contributed by atoms with Gasteiger partial charge in [0, 0.05) is 4.88 Å². The number of halogens is 1. The van der Waals surface area contributed by atoms with Gasteiger partial charge in [0.1, 0.15) is 5.60 Å². The first-order valence-corrected chi connectivity index (χ1v) is 7.19. The summed E-state index contributed by atoms with van der Waals surface area (Å²) in [7, 11) is 0. The highest BCUT2D eigenvalue weighted by Gasteiger charge is 2.47. The SMILES string of the molecule is CC(C)(C)OC(=O)NC1(c2ccc(Br)s2)CC1. The zero-order chi connectivity index (χ0) is 12.7. The highest BCUT2D eigenvalue weighted by atomic mass is 79.9. The molecule has 3 nitrogen and oxygen atoms in total. The summed E-state index contributed by atoms with van der Waals surface area (Å²) < 4.78 is 6.37. The zero-order valence-corrected chi connectivity index (χ0v) is 12.6. The highest BCUT2D eigenvalue weighted by molar-refractivity contribution is 9.11. The molecular weight excluding hydrogens is 302 g/mol. The van der Waals surface area contributed by atoms with Crippen LogP contribution in [0.4, 0.5) is 4.79 Å². The molecule has 0 saturated heterocycles. The average Bonchev–Trinajstić information content (AvgIpc) is 2.77. The highest BCUT2D eigenvalue weighted by Crippen LogP contribution is 2.48. The summed E-state index contributed by atoms with van der Waals surface area (Å²) in [6.07, 6.45) is 1.64. The van der Waals surface area contributed by atoms with Gasteiger partial charge in [0.25, 0.3) is 0 Å². The maximum atomic E-state index is 11.8. The Morgan fingerprint density at radius 1 is 1.47 bits per heavy atom. The van der Waals surface area contributed by atoms with Crippen LogP contribution in [-0.2, 0) is 10.3 Å². The Balaban J connectivity index is 2.02. The summed E-state index contributed by atoms with van der Waals surface area (Å²) in [5.74, 6) is 0. The second kappa shape index (κ2) is 4.28. The Morgan fingerprint density at radius 3 is 2.53 bits per heavy atom. The minimum atomic E-state index is -0.448. The second-order valence-corrected chi connectivity index (χ2v) is 7.78. The fraction of sp³-hybridized carbons (Fsp3) is 0.583. The van der Waals surface area contributed by atoms with Crippen molar-refractivity contribution in [1.82, 2.24) is 5.32 Å². The normalized spacial score (nSPS) is 17.6. The molecule has 0 spiro atoms. The van der Waals surface area contributed by atoms with Crippen LogP contribution in [0.15, 0.2) is 15.9 Å². The van der Waals surface area contributed by atoms with E-state index in [-0.39, 0.29) is 11.6 Å². The lowest BCUT2D eigenvalue weighted by molar-refractivity contribution is 0.0496. The van der Waals surface area contributed by atoms with Gasteiger partial charge < -0.3 is 10.1 Å².